The van der Waals surface area contributed by atoms with Crippen LogP contribution in [0.15, 0.2) is 0 Å². The van der Waals surface area contributed by atoms with Crippen LogP contribution in [0.25, 0.3) is 0 Å². The molecule has 0 spiro atoms. The van der Waals surface area contributed by atoms with E-state index in [1.807, 2.05) is 0 Å². The summed E-state index contributed by atoms with van der Waals surface area (Å²) in [5.41, 5.74) is -0.275. The van der Waals surface area contributed by atoms with Gasteiger partial charge >= 0.3 is 0 Å². The molecule has 0 atom stereocenters. The Bertz CT molecular complexity index is 210. The van der Waals surface area contributed by atoms with Crippen LogP contribution in [-0.4, -0.2) is 10.7 Å². The summed E-state index contributed by atoms with van der Waals surface area (Å²) in [5.74, 6) is 1.54. The minimum atomic E-state index is -0.275. The minimum Gasteiger partial charge on any atom is -0.390 e. The summed E-state index contributed by atoms with van der Waals surface area (Å²) in [7, 11) is 0. The van der Waals surface area contributed by atoms with Gasteiger partial charge in [-0.1, -0.05) is 45.4 Å². The molecule has 2 aliphatic carbocycles. The van der Waals surface area contributed by atoms with Crippen molar-refractivity contribution in [1.82, 2.24) is 0 Å². The first-order chi connectivity index (χ1) is 8.24. The fourth-order valence-electron chi connectivity index (χ4n) is 4.01. The summed E-state index contributed by atoms with van der Waals surface area (Å²) in [6.45, 7) is 2.28. The Labute approximate surface area is 107 Å². The molecule has 0 heterocycles. The first-order valence-electron chi connectivity index (χ1n) is 7.97. The van der Waals surface area contributed by atoms with E-state index in [-0.39, 0.29) is 5.60 Å². The minimum absolute atomic E-state index is 0.275. The molecule has 2 saturated carbocycles. The van der Waals surface area contributed by atoms with E-state index < -0.39 is 0 Å². The maximum atomic E-state index is 10.8. The Morgan fingerprint density at radius 3 is 2.24 bits per heavy atom. The van der Waals surface area contributed by atoms with Crippen LogP contribution >= 0.6 is 0 Å². The van der Waals surface area contributed by atoms with Crippen molar-refractivity contribution in [3.8, 4) is 0 Å². The average Bonchev–Trinajstić information content (AvgIpc) is 2.39. The normalized spacial score (nSPS) is 36.0. The molecule has 0 aliphatic heterocycles. The Hall–Kier alpha value is -0.0400. The molecule has 2 aliphatic rings. The van der Waals surface area contributed by atoms with Crippen molar-refractivity contribution < 1.29 is 5.11 Å². The van der Waals surface area contributed by atoms with Crippen LogP contribution in [0.5, 0.6) is 0 Å². The Balaban J connectivity index is 1.79. The summed E-state index contributed by atoms with van der Waals surface area (Å²) in [6, 6.07) is 0. The number of unbranched alkanes of at least 4 members (excludes halogenated alkanes) is 1. The zero-order valence-electron chi connectivity index (χ0n) is 11.6. The van der Waals surface area contributed by atoms with E-state index in [1.54, 1.807) is 0 Å². The van der Waals surface area contributed by atoms with Gasteiger partial charge in [-0.15, -0.1) is 0 Å². The number of hydrogen-bond acceptors (Lipinski definition) is 1. The maximum absolute atomic E-state index is 10.8. The van der Waals surface area contributed by atoms with Crippen molar-refractivity contribution in [2.75, 3.05) is 0 Å². The van der Waals surface area contributed by atoms with Gasteiger partial charge < -0.3 is 5.11 Å². The molecule has 2 fully saturated rings. The van der Waals surface area contributed by atoms with Crippen LogP contribution in [0.1, 0.15) is 84.0 Å². The van der Waals surface area contributed by atoms with Gasteiger partial charge in [-0.3, -0.25) is 0 Å². The van der Waals surface area contributed by atoms with E-state index in [0.29, 0.717) is 5.92 Å². The molecular formula is C16H30O. The van der Waals surface area contributed by atoms with Crippen molar-refractivity contribution in [2.45, 2.75) is 89.6 Å². The van der Waals surface area contributed by atoms with Gasteiger partial charge in [0.05, 0.1) is 5.60 Å². The van der Waals surface area contributed by atoms with E-state index in [2.05, 4.69) is 6.92 Å². The van der Waals surface area contributed by atoms with Crippen molar-refractivity contribution >= 4 is 0 Å². The lowest BCUT2D eigenvalue weighted by atomic mass is 9.67. The highest BCUT2D eigenvalue weighted by atomic mass is 16.3. The summed E-state index contributed by atoms with van der Waals surface area (Å²) in [4.78, 5) is 0. The zero-order valence-corrected chi connectivity index (χ0v) is 11.6. The summed E-state index contributed by atoms with van der Waals surface area (Å²) in [5, 5.41) is 10.8. The van der Waals surface area contributed by atoms with Gasteiger partial charge in [0.1, 0.15) is 0 Å². The van der Waals surface area contributed by atoms with E-state index >= 15 is 0 Å². The Morgan fingerprint density at radius 2 is 1.65 bits per heavy atom. The van der Waals surface area contributed by atoms with E-state index in [4.69, 9.17) is 0 Å². The third-order valence-electron chi connectivity index (χ3n) is 5.30. The van der Waals surface area contributed by atoms with Gasteiger partial charge in [0.2, 0.25) is 0 Å². The summed E-state index contributed by atoms with van der Waals surface area (Å²) in [6.07, 6.45) is 15.5. The number of hydrogen-bond donors (Lipinski definition) is 1. The molecule has 0 unspecified atom stereocenters. The second kappa shape index (κ2) is 6.22. The first-order valence-corrected chi connectivity index (χ1v) is 7.97. The maximum Gasteiger partial charge on any atom is 0.0676 e. The predicted molar refractivity (Wildman–Crippen MR) is 73.0 cm³/mol. The van der Waals surface area contributed by atoms with Gasteiger partial charge in [-0.2, -0.15) is 0 Å². The topological polar surface area (TPSA) is 20.2 Å². The lowest BCUT2D eigenvalue weighted by molar-refractivity contribution is -0.0711. The molecule has 0 aromatic carbocycles. The second-order valence-corrected chi connectivity index (χ2v) is 6.52. The molecule has 100 valence electrons. The van der Waals surface area contributed by atoms with Gasteiger partial charge in [-0.05, 0) is 50.4 Å². The number of aliphatic hydroxyl groups is 1. The molecule has 0 amide bonds. The van der Waals surface area contributed by atoms with Crippen molar-refractivity contribution in [3.63, 3.8) is 0 Å². The van der Waals surface area contributed by atoms with Crippen molar-refractivity contribution in [1.29, 1.82) is 0 Å². The molecule has 0 bridgehead atoms. The molecule has 0 radical (unpaired) electrons. The smallest absolute Gasteiger partial charge is 0.0676 e. The molecule has 0 aromatic rings. The largest absolute Gasteiger partial charge is 0.390 e. The standard InChI is InChI=1S/C16H30O/c1-2-3-7-14-10-12-16(17,13-11-14)15-8-5-4-6-9-15/h14-15,17H,2-13H2,1H3. The molecule has 0 saturated heterocycles. The molecular weight excluding hydrogens is 208 g/mol. The molecule has 1 N–H and O–H groups in total. The molecule has 1 heteroatoms. The van der Waals surface area contributed by atoms with Crippen LogP contribution in [0.3, 0.4) is 0 Å². The Kier molecular flexibility index (Phi) is 4.90. The lowest BCUT2D eigenvalue weighted by Crippen LogP contribution is -2.42. The third kappa shape index (κ3) is 3.47. The Morgan fingerprint density at radius 1 is 1.00 bits per heavy atom. The van der Waals surface area contributed by atoms with E-state index in [9.17, 15) is 5.11 Å². The first kappa shape index (κ1) is 13.4. The van der Waals surface area contributed by atoms with Crippen LogP contribution in [-0.2, 0) is 0 Å². The van der Waals surface area contributed by atoms with E-state index in [0.717, 1.165) is 18.8 Å². The average molecular weight is 238 g/mol. The summed E-state index contributed by atoms with van der Waals surface area (Å²) >= 11 is 0. The summed E-state index contributed by atoms with van der Waals surface area (Å²) < 4.78 is 0. The van der Waals surface area contributed by atoms with Crippen LogP contribution < -0.4 is 0 Å². The molecule has 2 rings (SSSR count). The van der Waals surface area contributed by atoms with Gasteiger partial charge in [0.25, 0.3) is 0 Å². The molecule has 0 aromatic heterocycles. The quantitative estimate of drug-likeness (QED) is 0.754. The highest BCUT2D eigenvalue weighted by Crippen LogP contribution is 2.43. The van der Waals surface area contributed by atoms with Gasteiger partial charge in [0.15, 0.2) is 0 Å². The molecule has 1 nitrogen and oxygen atoms in total. The molecule has 17 heavy (non-hydrogen) atoms. The van der Waals surface area contributed by atoms with Crippen molar-refractivity contribution in [3.05, 3.63) is 0 Å². The lowest BCUT2D eigenvalue weighted by Gasteiger charge is -2.43. The SMILES string of the molecule is CCCCC1CCC(O)(C2CCCCC2)CC1. The number of rotatable bonds is 4. The highest BCUT2D eigenvalue weighted by Gasteiger charge is 2.39. The fraction of sp³-hybridized carbons (Fsp3) is 1.00. The fourth-order valence-corrected chi connectivity index (χ4v) is 4.01. The van der Waals surface area contributed by atoms with Crippen molar-refractivity contribution in [2.24, 2.45) is 11.8 Å². The monoisotopic (exact) mass is 238 g/mol. The zero-order chi connectivity index (χ0) is 12.1. The third-order valence-corrected chi connectivity index (χ3v) is 5.30. The van der Waals surface area contributed by atoms with Gasteiger partial charge in [0, 0.05) is 0 Å². The van der Waals surface area contributed by atoms with Crippen LogP contribution in [0, 0.1) is 11.8 Å². The highest BCUT2D eigenvalue weighted by molar-refractivity contribution is 4.92. The van der Waals surface area contributed by atoms with Crippen LogP contribution in [0.4, 0.5) is 0 Å². The van der Waals surface area contributed by atoms with Gasteiger partial charge in [-0.25, -0.2) is 0 Å². The van der Waals surface area contributed by atoms with E-state index in [1.165, 1.54) is 64.2 Å². The second-order valence-electron chi connectivity index (χ2n) is 6.52. The van der Waals surface area contributed by atoms with Crippen LogP contribution in [0.2, 0.25) is 0 Å². The predicted octanol–water partition coefficient (Wildman–Crippen LogP) is 4.68.